The van der Waals surface area contributed by atoms with Crippen LogP contribution in [0.5, 0.6) is 5.75 Å². The second-order valence-corrected chi connectivity index (χ2v) is 14.3. The highest BCUT2D eigenvalue weighted by Crippen LogP contribution is 2.46. The van der Waals surface area contributed by atoms with Gasteiger partial charge in [0.15, 0.2) is 0 Å². The molecule has 2 aromatic carbocycles. The summed E-state index contributed by atoms with van der Waals surface area (Å²) < 4.78 is 9.60. The molecule has 2 bridgehead atoms. The topological polar surface area (TPSA) is 89.8 Å². The number of carbonyl (C=O) groups is 1. The van der Waals surface area contributed by atoms with Gasteiger partial charge in [-0.3, -0.25) is 4.79 Å². The van der Waals surface area contributed by atoms with Crippen molar-refractivity contribution in [3.05, 3.63) is 47.5 Å². The standard InChI is InChI=1S/C34H41N5O2S/c1-19-31-29(41-2)14-23(34(40)39-18-22-6-8-26(39)32(22)36)15-30(31)42-33(19)28-13-21-5-7-25(37-11-9-24(35)10-12-37)16-27(21)38(28)17-20-3-4-20/h5,7,13-16,20,22,24,26,32H,3-4,6,8-12,17-18,35-36H2,1-2H3. The Kier molecular flexibility index (Phi) is 6.32. The SMILES string of the molecule is COc1cc(C(=O)N2CC3CCC2C3N)cc2sc(-c3cc4ccc(N5CCC(N)CC5)cc4n3CC3CC3)c(C)c12. The first-order chi connectivity index (χ1) is 20.4. The number of aromatic nitrogens is 1. The van der Waals surface area contributed by atoms with E-state index in [0.717, 1.165) is 73.6 Å². The maximum atomic E-state index is 13.7. The predicted molar refractivity (Wildman–Crippen MR) is 172 cm³/mol. The van der Waals surface area contributed by atoms with E-state index < -0.39 is 0 Å². The van der Waals surface area contributed by atoms with Gasteiger partial charge < -0.3 is 30.6 Å². The van der Waals surface area contributed by atoms with Crippen LogP contribution in [0.1, 0.15) is 54.4 Å². The van der Waals surface area contributed by atoms with Gasteiger partial charge in [-0.15, -0.1) is 11.3 Å². The smallest absolute Gasteiger partial charge is 0.254 e. The van der Waals surface area contributed by atoms with Gasteiger partial charge in [0.25, 0.3) is 5.91 Å². The average Bonchev–Trinajstić information content (AvgIpc) is 3.41. The number of amides is 1. The molecule has 1 amide bonds. The van der Waals surface area contributed by atoms with Gasteiger partial charge in [-0.1, -0.05) is 6.07 Å². The number of piperidine rings is 2. The highest BCUT2D eigenvalue weighted by Gasteiger charge is 2.47. The van der Waals surface area contributed by atoms with E-state index in [2.05, 4.69) is 46.7 Å². The molecule has 3 unspecified atom stereocenters. The maximum absolute atomic E-state index is 13.7. The van der Waals surface area contributed by atoms with E-state index in [0.29, 0.717) is 17.5 Å². The Labute approximate surface area is 251 Å². The molecule has 2 aromatic heterocycles. The lowest BCUT2D eigenvalue weighted by Crippen LogP contribution is -2.41. The number of nitrogens with two attached hydrogens (primary N) is 2. The van der Waals surface area contributed by atoms with Crippen LogP contribution in [0.15, 0.2) is 36.4 Å². The number of thiophene rings is 1. The Morgan fingerprint density at radius 1 is 1.02 bits per heavy atom. The zero-order valence-electron chi connectivity index (χ0n) is 24.6. The molecule has 220 valence electrons. The fraction of sp³-hybridized carbons (Fsp3) is 0.500. The fourth-order valence-corrected chi connectivity index (χ4v) is 9.15. The van der Waals surface area contributed by atoms with E-state index >= 15 is 0 Å². The lowest BCUT2D eigenvalue weighted by Gasteiger charge is -2.32. The Morgan fingerprint density at radius 2 is 1.83 bits per heavy atom. The highest BCUT2D eigenvalue weighted by atomic mass is 32.1. The van der Waals surface area contributed by atoms with Crippen LogP contribution in [0, 0.1) is 18.8 Å². The number of likely N-dealkylation sites (tertiary alicyclic amines) is 1. The van der Waals surface area contributed by atoms with E-state index in [1.807, 2.05) is 11.0 Å². The van der Waals surface area contributed by atoms with E-state index in [1.165, 1.54) is 45.6 Å². The van der Waals surface area contributed by atoms with Crippen LogP contribution in [0.3, 0.4) is 0 Å². The molecule has 2 aliphatic heterocycles. The summed E-state index contributed by atoms with van der Waals surface area (Å²) in [6, 6.07) is 14.0. The second kappa shape index (κ2) is 10.00. The first-order valence-corrected chi connectivity index (χ1v) is 16.5. The van der Waals surface area contributed by atoms with Crippen molar-refractivity contribution >= 4 is 43.9 Å². The van der Waals surface area contributed by atoms with Gasteiger partial charge in [0.2, 0.25) is 0 Å². The summed E-state index contributed by atoms with van der Waals surface area (Å²) in [5, 5.41) is 2.39. The summed E-state index contributed by atoms with van der Waals surface area (Å²) in [6.07, 6.45) is 6.84. The molecule has 0 spiro atoms. The first-order valence-electron chi connectivity index (χ1n) is 15.7. The zero-order chi connectivity index (χ0) is 28.7. The van der Waals surface area contributed by atoms with Crippen LogP contribution < -0.4 is 21.1 Å². The van der Waals surface area contributed by atoms with Crippen molar-refractivity contribution < 1.29 is 9.53 Å². The summed E-state index contributed by atoms with van der Waals surface area (Å²) in [5.41, 5.74) is 18.4. The molecule has 8 heteroatoms. The van der Waals surface area contributed by atoms with Crippen molar-refractivity contribution in [2.75, 3.05) is 31.6 Å². The number of aryl methyl sites for hydroxylation is 1. The molecule has 7 nitrogen and oxygen atoms in total. The molecule has 4 aromatic rings. The summed E-state index contributed by atoms with van der Waals surface area (Å²) in [4.78, 5) is 19.5. The Balaban J connectivity index is 1.21. The van der Waals surface area contributed by atoms with Crippen LogP contribution in [-0.2, 0) is 6.54 Å². The van der Waals surface area contributed by atoms with Crippen molar-refractivity contribution in [3.63, 3.8) is 0 Å². The minimum Gasteiger partial charge on any atom is -0.496 e. The molecular formula is C34H41N5O2S. The normalized spacial score (nSPS) is 24.4. The second-order valence-electron chi connectivity index (χ2n) is 13.2. The highest BCUT2D eigenvalue weighted by molar-refractivity contribution is 7.22. The number of rotatable bonds is 6. The lowest BCUT2D eigenvalue weighted by molar-refractivity contribution is 0.0700. The molecule has 2 saturated carbocycles. The number of anilines is 1. The van der Waals surface area contributed by atoms with Gasteiger partial charge in [-0.2, -0.15) is 0 Å². The fourth-order valence-electron chi connectivity index (χ4n) is 7.86. The van der Waals surface area contributed by atoms with Crippen molar-refractivity contribution in [1.82, 2.24) is 9.47 Å². The quantitative estimate of drug-likeness (QED) is 0.302. The van der Waals surface area contributed by atoms with Crippen molar-refractivity contribution in [3.8, 4) is 16.3 Å². The predicted octanol–water partition coefficient (Wildman–Crippen LogP) is 5.74. The molecule has 2 aliphatic carbocycles. The molecular weight excluding hydrogens is 542 g/mol. The third-order valence-electron chi connectivity index (χ3n) is 10.5. The monoisotopic (exact) mass is 583 g/mol. The number of carbonyl (C=O) groups excluding carboxylic acids is 1. The molecule has 4 aliphatic rings. The van der Waals surface area contributed by atoms with E-state index in [9.17, 15) is 4.79 Å². The Morgan fingerprint density at radius 3 is 2.52 bits per heavy atom. The maximum Gasteiger partial charge on any atom is 0.254 e. The molecule has 0 radical (unpaired) electrons. The first kappa shape index (κ1) is 26.5. The number of hydrogen-bond donors (Lipinski definition) is 2. The van der Waals surface area contributed by atoms with Crippen LogP contribution in [0.4, 0.5) is 5.69 Å². The van der Waals surface area contributed by atoms with Crippen molar-refractivity contribution in [1.29, 1.82) is 0 Å². The van der Waals surface area contributed by atoms with Gasteiger partial charge in [0, 0.05) is 71.0 Å². The van der Waals surface area contributed by atoms with E-state index in [4.69, 9.17) is 16.2 Å². The van der Waals surface area contributed by atoms with E-state index in [-0.39, 0.29) is 18.0 Å². The van der Waals surface area contributed by atoms with Gasteiger partial charge in [-0.05, 0) is 93.2 Å². The molecule has 42 heavy (non-hydrogen) atoms. The summed E-state index contributed by atoms with van der Waals surface area (Å²) in [6.45, 7) is 6.05. The van der Waals surface area contributed by atoms with Crippen LogP contribution in [-0.4, -0.2) is 60.2 Å². The number of methoxy groups -OCH3 is 1. The Hall–Kier alpha value is -3.07. The van der Waals surface area contributed by atoms with Gasteiger partial charge in [0.1, 0.15) is 5.75 Å². The van der Waals surface area contributed by atoms with Gasteiger partial charge in [-0.25, -0.2) is 0 Å². The van der Waals surface area contributed by atoms with Gasteiger partial charge in [0.05, 0.1) is 23.2 Å². The molecule has 2 saturated heterocycles. The largest absolute Gasteiger partial charge is 0.496 e. The summed E-state index contributed by atoms with van der Waals surface area (Å²) in [5.74, 6) is 2.03. The third kappa shape index (κ3) is 4.25. The minimum atomic E-state index is 0.0829. The third-order valence-corrected chi connectivity index (χ3v) is 11.8. The van der Waals surface area contributed by atoms with Crippen LogP contribution >= 0.6 is 11.3 Å². The van der Waals surface area contributed by atoms with E-state index in [1.54, 1.807) is 18.4 Å². The molecule has 8 rings (SSSR count). The lowest BCUT2D eigenvalue weighted by atomic mass is 10.0. The van der Waals surface area contributed by atoms with Gasteiger partial charge >= 0.3 is 0 Å². The van der Waals surface area contributed by atoms with Crippen LogP contribution in [0.25, 0.3) is 31.6 Å². The molecule has 3 atom stereocenters. The number of benzene rings is 2. The average molecular weight is 584 g/mol. The van der Waals surface area contributed by atoms with Crippen LogP contribution in [0.2, 0.25) is 0 Å². The molecule has 4 fully saturated rings. The summed E-state index contributed by atoms with van der Waals surface area (Å²) >= 11 is 1.79. The van der Waals surface area contributed by atoms with Crippen molar-refractivity contribution in [2.24, 2.45) is 23.3 Å². The number of nitrogens with zero attached hydrogens (tertiary/aromatic N) is 3. The minimum absolute atomic E-state index is 0.0829. The Bertz CT molecular complexity index is 1700. The number of ether oxygens (including phenoxy) is 1. The molecule has 4 heterocycles. The number of hydrogen-bond acceptors (Lipinski definition) is 6. The number of fused-ring (bicyclic) bond motifs is 4. The van der Waals surface area contributed by atoms with Crippen molar-refractivity contribution in [2.45, 2.75) is 70.1 Å². The zero-order valence-corrected chi connectivity index (χ0v) is 25.5. The molecule has 4 N–H and O–H groups in total. The summed E-state index contributed by atoms with van der Waals surface area (Å²) in [7, 11) is 1.71.